The Kier molecular flexibility index (Phi) is 3.52. The molecular formula is C16H16N2O4S. The zero-order valence-electron chi connectivity index (χ0n) is 12.7. The summed E-state index contributed by atoms with van der Waals surface area (Å²) in [6, 6.07) is 12.8. The Hall–Kier alpha value is -2.54. The lowest BCUT2D eigenvalue weighted by Crippen LogP contribution is -2.45. The van der Waals surface area contributed by atoms with Crippen molar-refractivity contribution >= 4 is 27.3 Å². The SMILES string of the molecule is CC1(C)Oc2cc(NS(=O)(=O)c3ccccc3)ccc2NC1=O. The number of sulfonamides is 1. The van der Waals surface area contributed by atoms with E-state index in [0.717, 1.165) is 0 Å². The number of hydrogen-bond acceptors (Lipinski definition) is 4. The van der Waals surface area contributed by atoms with Gasteiger partial charge in [-0.3, -0.25) is 9.52 Å². The minimum Gasteiger partial charge on any atom is -0.476 e. The van der Waals surface area contributed by atoms with Gasteiger partial charge in [0.05, 0.1) is 16.3 Å². The predicted molar refractivity (Wildman–Crippen MR) is 87.0 cm³/mol. The topological polar surface area (TPSA) is 84.5 Å². The lowest BCUT2D eigenvalue weighted by molar-refractivity contribution is -0.129. The molecule has 6 nitrogen and oxygen atoms in total. The fourth-order valence-corrected chi connectivity index (χ4v) is 3.25. The number of benzene rings is 2. The van der Waals surface area contributed by atoms with Crippen LogP contribution < -0.4 is 14.8 Å². The van der Waals surface area contributed by atoms with Gasteiger partial charge in [-0.05, 0) is 38.1 Å². The number of ether oxygens (including phenoxy) is 1. The summed E-state index contributed by atoms with van der Waals surface area (Å²) in [6.07, 6.45) is 0. The second-order valence-corrected chi connectivity index (χ2v) is 7.38. The molecule has 23 heavy (non-hydrogen) atoms. The Morgan fingerprint density at radius 1 is 1.09 bits per heavy atom. The predicted octanol–water partition coefficient (Wildman–Crippen LogP) is 2.60. The van der Waals surface area contributed by atoms with Gasteiger partial charge in [0, 0.05) is 6.07 Å². The molecule has 2 aromatic rings. The molecule has 1 aliphatic rings. The smallest absolute Gasteiger partial charge is 0.268 e. The maximum Gasteiger partial charge on any atom is 0.268 e. The lowest BCUT2D eigenvalue weighted by Gasteiger charge is -2.31. The molecular weight excluding hydrogens is 316 g/mol. The summed E-state index contributed by atoms with van der Waals surface area (Å²) in [4.78, 5) is 12.0. The first-order valence-electron chi connectivity index (χ1n) is 7.00. The highest BCUT2D eigenvalue weighted by Crippen LogP contribution is 2.36. The van der Waals surface area contributed by atoms with Crippen molar-refractivity contribution in [2.24, 2.45) is 0 Å². The number of amides is 1. The fraction of sp³-hybridized carbons (Fsp3) is 0.188. The molecule has 0 saturated carbocycles. The molecule has 1 amide bonds. The normalized spacial score (nSPS) is 16.0. The van der Waals surface area contributed by atoms with Crippen LogP contribution in [0.5, 0.6) is 5.75 Å². The molecule has 0 aromatic heterocycles. The van der Waals surface area contributed by atoms with E-state index in [4.69, 9.17) is 4.74 Å². The molecule has 120 valence electrons. The highest BCUT2D eigenvalue weighted by atomic mass is 32.2. The van der Waals surface area contributed by atoms with Crippen LogP contribution in [0.15, 0.2) is 53.4 Å². The first-order valence-corrected chi connectivity index (χ1v) is 8.49. The second-order valence-electron chi connectivity index (χ2n) is 5.70. The number of hydrogen-bond donors (Lipinski definition) is 2. The minimum atomic E-state index is -3.67. The highest BCUT2D eigenvalue weighted by molar-refractivity contribution is 7.92. The van der Waals surface area contributed by atoms with Crippen LogP contribution in [0.3, 0.4) is 0 Å². The maximum absolute atomic E-state index is 12.3. The number of carbonyl (C=O) groups is 1. The first-order chi connectivity index (χ1) is 10.8. The first kappa shape index (κ1) is 15.4. The van der Waals surface area contributed by atoms with E-state index in [-0.39, 0.29) is 10.8 Å². The number of nitrogens with one attached hydrogen (secondary N) is 2. The third-order valence-electron chi connectivity index (χ3n) is 3.45. The molecule has 7 heteroatoms. The lowest BCUT2D eigenvalue weighted by atomic mass is 10.1. The standard InChI is InChI=1S/C16H16N2O4S/c1-16(2)15(19)17-13-9-8-11(10-14(13)22-16)18-23(20,21)12-6-4-3-5-7-12/h3-10,18H,1-2H3,(H,17,19). The van der Waals surface area contributed by atoms with Crippen LogP contribution >= 0.6 is 0 Å². The Balaban J connectivity index is 1.90. The van der Waals surface area contributed by atoms with E-state index < -0.39 is 15.6 Å². The van der Waals surface area contributed by atoms with Crippen LogP contribution in [0.4, 0.5) is 11.4 Å². The Labute approximate surface area is 134 Å². The molecule has 3 rings (SSSR count). The van der Waals surface area contributed by atoms with Crippen LogP contribution in [0.25, 0.3) is 0 Å². The molecule has 0 fully saturated rings. The molecule has 0 aliphatic carbocycles. The van der Waals surface area contributed by atoms with Crippen molar-refractivity contribution in [2.75, 3.05) is 10.0 Å². The van der Waals surface area contributed by atoms with Crippen molar-refractivity contribution in [3.05, 3.63) is 48.5 Å². The Bertz CT molecular complexity index is 861. The molecule has 0 bridgehead atoms. The van der Waals surface area contributed by atoms with Crippen molar-refractivity contribution in [1.82, 2.24) is 0 Å². The molecule has 0 unspecified atom stereocenters. The van der Waals surface area contributed by atoms with Gasteiger partial charge in [0.15, 0.2) is 5.60 Å². The van der Waals surface area contributed by atoms with Gasteiger partial charge in [-0.15, -0.1) is 0 Å². The number of rotatable bonds is 3. The minimum absolute atomic E-state index is 0.173. The molecule has 1 aliphatic heterocycles. The van der Waals surface area contributed by atoms with E-state index in [1.807, 2.05) is 0 Å². The van der Waals surface area contributed by atoms with Gasteiger partial charge in [-0.2, -0.15) is 0 Å². The summed E-state index contributed by atoms with van der Waals surface area (Å²) in [5.41, 5.74) is -0.138. The molecule has 0 saturated heterocycles. The second kappa shape index (κ2) is 5.27. The fourth-order valence-electron chi connectivity index (χ4n) is 2.18. The number of carbonyl (C=O) groups excluding carboxylic acids is 1. The molecule has 0 atom stereocenters. The van der Waals surface area contributed by atoms with Crippen molar-refractivity contribution < 1.29 is 17.9 Å². The average molecular weight is 332 g/mol. The van der Waals surface area contributed by atoms with E-state index in [1.54, 1.807) is 50.2 Å². The number of fused-ring (bicyclic) bond motifs is 1. The third kappa shape index (κ3) is 3.00. The quantitative estimate of drug-likeness (QED) is 0.905. The van der Waals surface area contributed by atoms with Crippen LogP contribution in [-0.2, 0) is 14.8 Å². The largest absolute Gasteiger partial charge is 0.476 e. The monoisotopic (exact) mass is 332 g/mol. The summed E-state index contributed by atoms with van der Waals surface area (Å²) in [6.45, 7) is 3.29. The average Bonchev–Trinajstić information content (AvgIpc) is 2.49. The van der Waals surface area contributed by atoms with Crippen molar-refractivity contribution in [3.8, 4) is 5.75 Å². The summed E-state index contributed by atoms with van der Waals surface area (Å²) in [5, 5.41) is 2.73. The van der Waals surface area contributed by atoms with Gasteiger partial charge < -0.3 is 10.1 Å². The summed E-state index contributed by atoms with van der Waals surface area (Å²) < 4.78 is 32.8. The third-order valence-corrected chi connectivity index (χ3v) is 4.84. The highest BCUT2D eigenvalue weighted by Gasteiger charge is 2.35. The molecule has 0 spiro atoms. The zero-order chi connectivity index (χ0) is 16.7. The van der Waals surface area contributed by atoms with Crippen LogP contribution in [-0.4, -0.2) is 19.9 Å². The Morgan fingerprint density at radius 2 is 1.78 bits per heavy atom. The van der Waals surface area contributed by atoms with Crippen molar-refractivity contribution in [2.45, 2.75) is 24.3 Å². The van der Waals surface area contributed by atoms with Gasteiger partial charge in [0.25, 0.3) is 15.9 Å². The molecule has 0 radical (unpaired) electrons. The zero-order valence-corrected chi connectivity index (χ0v) is 13.5. The summed E-state index contributed by atoms with van der Waals surface area (Å²) in [7, 11) is -3.67. The van der Waals surface area contributed by atoms with Crippen LogP contribution in [0.1, 0.15) is 13.8 Å². The van der Waals surface area contributed by atoms with Crippen molar-refractivity contribution in [3.63, 3.8) is 0 Å². The van der Waals surface area contributed by atoms with Crippen LogP contribution in [0, 0.1) is 0 Å². The van der Waals surface area contributed by atoms with Gasteiger partial charge in [0.1, 0.15) is 5.75 Å². The summed E-state index contributed by atoms with van der Waals surface area (Å²) in [5.74, 6) is 0.172. The maximum atomic E-state index is 12.3. The van der Waals surface area contributed by atoms with E-state index in [9.17, 15) is 13.2 Å². The van der Waals surface area contributed by atoms with Crippen molar-refractivity contribution in [1.29, 1.82) is 0 Å². The molecule has 1 heterocycles. The van der Waals surface area contributed by atoms with E-state index in [1.165, 1.54) is 12.1 Å². The van der Waals surface area contributed by atoms with Gasteiger partial charge >= 0.3 is 0 Å². The van der Waals surface area contributed by atoms with E-state index in [0.29, 0.717) is 17.1 Å². The Morgan fingerprint density at radius 3 is 2.48 bits per heavy atom. The molecule has 2 N–H and O–H groups in total. The van der Waals surface area contributed by atoms with E-state index >= 15 is 0 Å². The molecule has 2 aromatic carbocycles. The van der Waals surface area contributed by atoms with Gasteiger partial charge in [0.2, 0.25) is 0 Å². The number of anilines is 2. The van der Waals surface area contributed by atoms with Gasteiger partial charge in [-0.1, -0.05) is 18.2 Å². The van der Waals surface area contributed by atoms with E-state index in [2.05, 4.69) is 10.0 Å². The van der Waals surface area contributed by atoms with Gasteiger partial charge in [-0.25, -0.2) is 8.42 Å². The summed E-state index contributed by atoms with van der Waals surface area (Å²) >= 11 is 0. The van der Waals surface area contributed by atoms with Crippen LogP contribution in [0.2, 0.25) is 0 Å².